The molecule has 1 saturated carbocycles. The number of primary amides is 1. The molecule has 0 bridgehead atoms. The molecule has 8 nitrogen and oxygen atoms in total. The van der Waals surface area contributed by atoms with Gasteiger partial charge in [-0.15, -0.1) is 0 Å². The molecule has 9 heteroatoms. The van der Waals surface area contributed by atoms with E-state index in [-0.39, 0.29) is 53.7 Å². The Balaban J connectivity index is 1.42. The highest BCUT2D eigenvalue weighted by Crippen LogP contribution is 2.53. The topological polar surface area (TPSA) is 113 Å². The summed E-state index contributed by atoms with van der Waals surface area (Å²) in [6.45, 7) is 10.6. The van der Waals surface area contributed by atoms with E-state index in [4.69, 9.17) is 17.3 Å². The molecule has 38 heavy (non-hydrogen) atoms. The average molecular weight is 545 g/mol. The van der Waals surface area contributed by atoms with Crippen molar-refractivity contribution in [3.63, 3.8) is 0 Å². The minimum Gasteiger partial charge on any atom is -0.370 e. The summed E-state index contributed by atoms with van der Waals surface area (Å²) in [5.41, 5.74) is 5.37. The van der Waals surface area contributed by atoms with Gasteiger partial charge in [0.1, 0.15) is 5.54 Å². The molecular formula is C29H41ClN4O4. The number of hydrogen-bond acceptors (Lipinski definition) is 4. The van der Waals surface area contributed by atoms with Crippen LogP contribution in [0.1, 0.15) is 71.3 Å². The Labute approximate surface area is 230 Å². The summed E-state index contributed by atoms with van der Waals surface area (Å²) in [5.74, 6) is -0.841. The molecule has 1 aliphatic carbocycles. The van der Waals surface area contributed by atoms with E-state index in [2.05, 4.69) is 31.3 Å². The van der Waals surface area contributed by atoms with E-state index in [1.807, 2.05) is 30.9 Å². The Morgan fingerprint density at radius 1 is 1.00 bits per heavy atom. The van der Waals surface area contributed by atoms with Crippen LogP contribution in [0.3, 0.4) is 0 Å². The number of benzene rings is 1. The highest BCUT2D eigenvalue weighted by atomic mass is 35.5. The van der Waals surface area contributed by atoms with Gasteiger partial charge >= 0.3 is 0 Å². The molecule has 4 amide bonds. The van der Waals surface area contributed by atoms with Gasteiger partial charge < -0.3 is 20.9 Å². The van der Waals surface area contributed by atoms with Crippen LogP contribution in [0.4, 0.5) is 0 Å². The summed E-state index contributed by atoms with van der Waals surface area (Å²) >= 11 is 6.09. The fraction of sp³-hybridized carbons (Fsp3) is 0.655. The third kappa shape index (κ3) is 5.56. The van der Waals surface area contributed by atoms with Crippen LogP contribution in [0.2, 0.25) is 5.02 Å². The number of amides is 4. The second-order valence-corrected chi connectivity index (χ2v) is 12.6. The van der Waals surface area contributed by atoms with Crippen LogP contribution in [-0.2, 0) is 19.2 Å². The first-order chi connectivity index (χ1) is 17.9. The van der Waals surface area contributed by atoms with E-state index < -0.39 is 11.4 Å². The molecule has 1 aromatic carbocycles. The van der Waals surface area contributed by atoms with Crippen molar-refractivity contribution in [1.82, 2.24) is 15.1 Å². The minimum absolute atomic E-state index is 0.00122. The SMILES string of the molecule is CC1C(C)C1(NC(=O)[C@@H]1CCCN(C(=O)CCC(N)=O)C1)C(=O)N1CCC(c2ccc(Cl)cc2)C(C)(C)C1. The van der Waals surface area contributed by atoms with Crippen molar-refractivity contribution in [3.05, 3.63) is 34.9 Å². The highest BCUT2D eigenvalue weighted by Gasteiger charge is 2.67. The molecule has 1 aromatic rings. The molecule has 0 spiro atoms. The highest BCUT2D eigenvalue weighted by molar-refractivity contribution is 6.30. The molecular weight excluding hydrogens is 504 g/mol. The molecule has 3 unspecified atom stereocenters. The monoisotopic (exact) mass is 544 g/mol. The van der Waals surface area contributed by atoms with Gasteiger partial charge in [0.25, 0.3) is 0 Å². The fourth-order valence-corrected chi connectivity index (χ4v) is 6.79. The van der Waals surface area contributed by atoms with E-state index in [9.17, 15) is 19.2 Å². The van der Waals surface area contributed by atoms with E-state index in [0.717, 1.165) is 6.42 Å². The summed E-state index contributed by atoms with van der Waals surface area (Å²) in [6.07, 6.45) is 2.28. The molecule has 208 valence electrons. The van der Waals surface area contributed by atoms with Crippen LogP contribution < -0.4 is 11.1 Å². The number of rotatable bonds is 7. The number of hydrogen-bond donors (Lipinski definition) is 2. The maximum atomic E-state index is 14.0. The van der Waals surface area contributed by atoms with Crippen LogP contribution in [0.15, 0.2) is 24.3 Å². The first kappa shape index (κ1) is 28.4. The molecule has 2 heterocycles. The first-order valence-corrected chi connectivity index (χ1v) is 14.2. The predicted octanol–water partition coefficient (Wildman–Crippen LogP) is 3.33. The number of halogens is 1. The summed E-state index contributed by atoms with van der Waals surface area (Å²) in [4.78, 5) is 54.6. The maximum absolute atomic E-state index is 14.0. The third-order valence-electron chi connectivity index (χ3n) is 9.28. The Morgan fingerprint density at radius 3 is 2.24 bits per heavy atom. The lowest BCUT2D eigenvalue weighted by Gasteiger charge is -2.46. The number of likely N-dealkylation sites (tertiary alicyclic amines) is 2. The average Bonchev–Trinajstić information content (AvgIpc) is 3.40. The van der Waals surface area contributed by atoms with Crippen molar-refractivity contribution >= 4 is 35.2 Å². The van der Waals surface area contributed by atoms with Gasteiger partial charge in [-0.25, -0.2) is 0 Å². The van der Waals surface area contributed by atoms with E-state index >= 15 is 0 Å². The van der Waals surface area contributed by atoms with Gasteiger partial charge in [0.15, 0.2) is 0 Å². The Kier molecular flexibility index (Phi) is 8.12. The number of nitrogens with zero attached hydrogens (tertiary/aromatic N) is 2. The zero-order valence-electron chi connectivity index (χ0n) is 23.0. The van der Waals surface area contributed by atoms with Crippen LogP contribution in [-0.4, -0.2) is 65.1 Å². The number of nitrogens with two attached hydrogens (primary N) is 1. The van der Waals surface area contributed by atoms with Crippen LogP contribution in [0.5, 0.6) is 0 Å². The second kappa shape index (κ2) is 10.9. The predicted molar refractivity (Wildman–Crippen MR) is 146 cm³/mol. The molecule has 2 aliphatic heterocycles. The van der Waals surface area contributed by atoms with Gasteiger partial charge in [0.2, 0.25) is 23.6 Å². The number of carbonyl (C=O) groups is 4. The van der Waals surface area contributed by atoms with Gasteiger partial charge in [-0.2, -0.15) is 0 Å². The Bertz CT molecular complexity index is 1080. The first-order valence-electron chi connectivity index (χ1n) is 13.8. The summed E-state index contributed by atoms with van der Waals surface area (Å²) < 4.78 is 0. The van der Waals surface area contributed by atoms with Crippen molar-refractivity contribution < 1.29 is 19.2 Å². The van der Waals surface area contributed by atoms with E-state index in [1.54, 1.807) is 4.90 Å². The van der Waals surface area contributed by atoms with Gasteiger partial charge in [-0.1, -0.05) is 51.4 Å². The zero-order chi connectivity index (χ0) is 27.8. The Morgan fingerprint density at radius 2 is 1.66 bits per heavy atom. The number of nitrogens with one attached hydrogen (secondary N) is 1. The molecule has 0 aromatic heterocycles. The minimum atomic E-state index is -0.904. The molecule has 4 rings (SSSR count). The van der Waals surface area contributed by atoms with Gasteiger partial charge in [0.05, 0.1) is 5.92 Å². The molecule has 3 fully saturated rings. The standard InChI is InChI=1S/C29H41ClN4O4/c1-18-19(2)29(18,32-26(37)21-6-5-14-33(16-21)25(36)12-11-24(31)35)27(38)34-15-13-23(28(3,4)17-34)20-7-9-22(30)10-8-20/h7-10,18-19,21,23H,5-6,11-17H2,1-4H3,(H2,31,35)(H,32,37)/t18?,19?,21-,23?,29?/m1/s1. The van der Waals surface area contributed by atoms with Crippen molar-refractivity contribution in [2.24, 2.45) is 28.9 Å². The smallest absolute Gasteiger partial charge is 0.248 e. The summed E-state index contributed by atoms with van der Waals surface area (Å²) in [5, 5.41) is 3.88. The molecule has 4 atom stereocenters. The zero-order valence-corrected chi connectivity index (χ0v) is 23.7. The van der Waals surface area contributed by atoms with Crippen LogP contribution in [0.25, 0.3) is 0 Å². The lowest BCUT2D eigenvalue weighted by molar-refractivity contribution is -0.144. The summed E-state index contributed by atoms with van der Waals surface area (Å²) in [7, 11) is 0. The largest absolute Gasteiger partial charge is 0.370 e. The lowest BCUT2D eigenvalue weighted by Crippen LogP contribution is -2.58. The van der Waals surface area contributed by atoms with Gasteiger partial charge in [0, 0.05) is 44.0 Å². The third-order valence-corrected chi connectivity index (χ3v) is 9.53. The Hall–Kier alpha value is -2.61. The molecule has 3 aliphatic rings. The quantitative estimate of drug-likeness (QED) is 0.548. The maximum Gasteiger partial charge on any atom is 0.248 e. The number of carbonyl (C=O) groups excluding carboxylic acids is 4. The molecule has 0 radical (unpaired) electrons. The summed E-state index contributed by atoms with van der Waals surface area (Å²) in [6, 6.07) is 7.98. The lowest BCUT2D eigenvalue weighted by atomic mass is 9.70. The van der Waals surface area contributed by atoms with Crippen molar-refractivity contribution in [2.75, 3.05) is 26.2 Å². The normalized spacial score (nSPS) is 30.4. The van der Waals surface area contributed by atoms with E-state index in [0.29, 0.717) is 50.0 Å². The molecule has 3 N–H and O–H groups in total. The van der Waals surface area contributed by atoms with Crippen LogP contribution in [0, 0.1) is 23.2 Å². The van der Waals surface area contributed by atoms with Gasteiger partial charge in [-0.3, -0.25) is 19.2 Å². The molecule has 2 saturated heterocycles. The van der Waals surface area contributed by atoms with Crippen molar-refractivity contribution in [1.29, 1.82) is 0 Å². The van der Waals surface area contributed by atoms with E-state index in [1.165, 1.54) is 5.56 Å². The van der Waals surface area contributed by atoms with Crippen molar-refractivity contribution in [2.45, 2.75) is 71.3 Å². The van der Waals surface area contributed by atoms with Crippen LogP contribution >= 0.6 is 11.6 Å². The van der Waals surface area contributed by atoms with Crippen molar-refractivity contribution in [3.8, 4) is 0 Å². The number of piperidine rings is 2. The van der Waals surface area contributed by atoms with Gasteiger partial charge in [-0.05, 0) is 60.1 Å². The second-order valence-electron chi connectivity index (χ2n) is 12.2. The fourth-order valence-electron chi connectivity index (χ4n) is 6.66.